The van der Waals surface area contributed by atoms with Crippen LogP contribution in [0.2, 0.25) is 5.02 Å². The molecule has 0 saturated carbocycles. The van der Waals surface area contributed by atoms with Crippen LogP contribution in [0.3, 0.4) is 0 Å². The third-order valence-electron chi connectivity index (χ3n) is 3.20. The maximum absolute atomic E-state index is 13.6. The largest absolute Gasteiger partial charge is 0.366 e. The van der Waals surface area contributed by atoms with Gasteiger partial charge in [0, 0.05) is 28.9 Å². The molecule has 0 unspecified atom stereocenters. The van der Waals surface area contributed by atoms with Crippen LogP contribution < -0.4 is 10.6 Å². The molecule has 0 spiro atoms. The standard InChI is InChI=1S/C17H14ClFN4/c18-13-5-7-14(8-6-13)23-17-9-16(21-11-22-17)20-10-12-3-1-2-4-15(12)19/h1-9,11H,10H2,(H2,20,21,22,23). The molecule has 116 valence electrons. The first-order chi connectivity index (χ1) is 11.2. The van der Waals surface area contributed by atoms with E-state index in [2.05, 4.69) is 20.6 Å². The van der Waals surface area contributed by atoms with Crippen LogP contribution in [0, 0.1) is 5.82 Å². The Hall–Kier alpha value is -2.66. The predicted octanol–water partition coefficient (Wildman–Crippen LogP) is 4.62. The van der Waals surface area contributed by atoms with Gasteiger partial charge in [-0.1, -0.05) is 29.8 Å². The second-order valence-electron chi connectivity index (χ2n) is 4.87. The number of hydrogen-bond acceptors (Lipinski definition) is 4. The number of anilines is 3. The number of benzene rings is 2. The molecule has 0 aliphatic heterocycles. The van der Waals surface area contributed by atoms with Crippen LogP contribution in [-0.4, -0.2) is 9.97 Å². The monoisotopic (exact) mass is 328 g/mol. The molecule has 2 N–H and O–H groups in total. The van der Waals surface area contributed by atoms with Crippen molar-refractivity contribution in [1.29, 1.82) is 0 Å². The van der Waals surface area contributed by atoms with E-state index in [1.807, 2.05) is 12.1 Å². The van der Waals surface area contributed by atoms with E-state index >= 15 is 0 Å². The van der Waals surface area contributed by atoms with Crippen molar-refractivity contribution in [3.63, 3.8) is 0 Å². The zero-order valence-corrected chi connectivity index (χ0v) is 12.9. The maximum atomic E-state index is 13.6. The first kappa shape index (κ1) is 15.2. The van der Waals surface area contributed by atoms with Crippen molar-refractivity contribution >= 4 is 28.9 Å². The van der Waals surface area contributed by atoms with Crippen molar-refractivity contribution in [3.05, 3.63) is 77.3 Å². The van der Waals surface area contributed by atoms with Gasteiger partial charge in [-0.05, 0) is 30.3 Å². The lowest BCUT2D eigenvalue weighted by molar-refractivity contribution is 0.613. The summed E-state index contributed by atoms with van der Waals surface area (Å²) in [5.74, 6) is 1.01. The van der Waals surface area contributed by atoms with Crippen molar-refractivity contribution in [2.75, 3.05) is 10.6 Å². The Bertz CT molecular complexity index is 793. The topological polar surface area (TPSA) is 49.8 Å². The first-order valence-corrected chi connectivity index (χ1v) is 7.40. The molecule has 1 aromatic heterocycles. The van der Waals surface area contributed by atoms with Crippen molar-refractivity contribution in [3.8, 4) is 0 Å². The summed E-state index contributed by atoms with van der Waals surface area (Å²) in [6, 6.07) is 15.7. The molecule has 3 rings (SSSR count). The van der Waals surface area contributed by atoms with Crippen LogP contribution in [-0.2, 0) is 6.54 Å². The van der Waals surface area contributed by atoms with E-state index in [1.54, 1.807) is 36.4 Å². The Morgan fingerprint density at radius 3 is 2.48 bits per heavy atom. The highest BCUT2D eigenvalue weighted by Crippen LogP contribution is 2.19. The van der Waals surface area contributed by atoms with Crippen LogP contribution in [0.15, 0.2) is 60.9 Å². The van der Waals surface area contributed by atoms with E-state index in [1.165, 1.54) is 12.4 Å². The number of hydrogen-bond donors (Lipinski definition) is 2. The molecule has 2 aromatic carbocycles. The Morgan fingerprint density at radius 1 is 0.957 bits per heavy atom. The van der Waals surface area contributed by atoms with Gasteiger partial charge >= 0.3 is 0 Å². The fourth-order valence-electron chi connectivity index (χ4n) is 2.03. The molecular formula is C17H14ClFN4. The molecule has 0 aliphatic rings. The van der Waals surface area contributed by atoms with Crippen LogP contribution in [0.25, 0.3) is 0 Å². The Kier molecular flexibility index (Phi) is 4.68. The third kappa shape index (κ3) is 4.17. The van der Waals surface area contributed by atoms with Crippen molar-refractivity contribution < 1.29 is 4.39 Å². The zero-order chi connectivity index (χ0) is 16.1. The van der Waals surface area contributed by atoms with Gasteiger partial charge in [0.2, 0.25) is 0 Å². The van der Waals surface area contributed by atoms with Crippen LogP contribution in [0.5, 0.6) is 0 Å². The van der Waals surface area contributed by atoms with Crippen LogP contribution in [0.4, 0.5) is 21.7 Å². The molecule has 0 aliphatic carbocycles. The van der Waals surface area contributed by atoms with Crippen molar-refractivity contribution in [1.82, 2.24) is 9.97 Å². The lowest BCUT2D eigenvalue weighted by Crippen LogP contribution is -2.04. The molecule has 0 saturated heterocycles. The quantitative estimate of drug-likeness (QED) is 0.717. The fraction of sp³-hybridized carbons (Fsp3) is 0.0588. The molecule has 3 aromatic rings. The molecule has 0 atom stereocenters. The minimum absolute atomic E-state index is 0.242. The van der Waals surface area contributed by atoms with Gasteiger partial charge in [0.1, 0.15) is 23.8 Å². The van der Waals surface area contributed by atoms with Crippen molar-refractivity contribution in [2.24, 2.45) is 0 Å². The molecule has 0 fully saturated rings. The minimum atomic E-state index is -0.242. The second-order valence-corrected chi connectivity index (χ2v) is 5.30. The van der Waals surface area contributed by atoms with E-state index in [-0.39, 0.29) is 5.82 Å². The van der Waals surface area contributed by atoms with Gasteiger partial charge in [0.15, 0.2) is 0 Å². The second kappa shape index (κ2) is 7.07. The van der Waals surface area contributed by atoms with E-state index in [0.29, 0.717) is 28.8 Å². The van der Waals surface area contributed by atoms with Gasteiger partial charge in [-0.2, -0.15) is 0 Å². The summed E-state index contributed by atoms with van der Waals surface area (Å²) in [5, 5.41) is 6.91. The van der Waals surface area contributed by atoms with Crippen LogP contribution >= 0.6 is 11.6 Å². The molecule has 6 heteroatoms. The Balaban J connectivity index is 1.67. The molecule has 0 radical (unpaired) electrons. The minimum Gasteiger partial charge on any atom is -0.366 e. The summed E-state index contributed by atoms with van der Waals surface area (Å²) in [4.78, 5) is 8.29. The van der Waals surface area contributed by atoms with E-state index < -0.39 is 0 Å². The van der Waals surface area contributed by atoms with Gasteiger partial charge < -0.3 is 10.6 Å². The zero-order valence-electron chi connectivity index (χ0n) is 12.1. The summed E-state index contributed by atoms with van der Waals surface area (Å²) in [5.41, 5.74) is 1.45. The lowest BCUT2D eigenvalue weighted by Gasteiger charge is -2.09. The smallest absolute Gasteiger partial charge is 0.135 e. The summed E-state index contributed by atoms with van der Waals surface area (Å²) in [6.07, 6.45) is 1.45. The molecular weight excluding hydrogens is 315 g/mol. The molecule has 0 bridgehead atoms. The highest BCUT2D eigenvalue weighted by Gasteiger charge is 2.03. The van der Waals surface area contributed by atoms with Gasteiger partial charge in [0.05, 0.1) is 0 Å². The van der Waals surface area contributed by atoms with E-state index in [0.717, 1.165) is 5.69 Å². The molecule has 1 heterocycles. The summed E-state index contributed by atoms with van der Waals surface area (Å²) in [7, 11) is 0. The Labute approximate surface area is 138 Å². The highest BCUT2D eigenvalue weighted by atomic mass is 35.5. The summed E-state index contributed by atoms with van der Waals surface area (Å²) < 4.78 is 13.6. The average molecular weight is 329 g/mol. The Morgan fingerprint density at radius 2 is 1.70 bits per heavy atom. The summed E-state index contributed by atoms with van der Waals surface area (Å²) in [6.45, 7) is 0.351. The molecule has 0 amide bonds. The van der Waals surface area contributed by atoms with Gasteiger partial charge in [0.25, 0.3) is 0 Å². The van der Waals surface area contributed by atoms with Gasteiger partial charge in [-0.3, -0.25) is 0 Å². The van der Waals surface area contributed by atoms with Crippen molar-refractivity contribution in [2.45, 2.75) is 6.54 Å². The van der Waals surface area contributed by atoms with E-state index in [9.17, 15) is 4.39 Å². The normalized spacial score (nSPS) is 10.3. The lowest BCUT2D eigenvalue weighted by atomic mass is 10.2. The van der Waals surface area contributed by atoms with Gasteiger partial charge in [-0.15, -0.1) is 0 Å². The third-order valence-corrected chi connectivity index (χ3v) is 3.45. The number of rotatable bonds is 5. The first-order valence-electron chi connectivity index (χ1n) is 7.02. The van der Waals surface area contributed by atoms with E-state index in [4.69, 9.17) is 11.6 Å². The fourth-order valence-corrected chi connectivity index (χ4v) is 2.16. The number of nitrogens with zero attached hydrogens (tertiary/aromatic N) is 2. The highest BCUT2D eigenvalue weighted by molar-refractivity contribution is 6.30. The summed E-state index contributed by atoms with van der Waals surface area (Å²) >= 11 is 5.86. The average Bonchev–Trinajstić information content (AvgIpc) is 2.57. The predicted molar refractivity (Wildman–Crippen MR) is 90.5 cm³/mol. The molecule has 23 heavy (non-hydrogen) atoms. The number of aromatic nitrogens is 2. The maximum Gasteiger partial charge on any atom is 0.135 e. The number of halogens is 2. The number of nitrogens with one attached hydrogen (secondary N) is 2. The van der Waals surface area contributed by atoms with Gasteiger partial charge in [-0.25, -0.2) is 14.4 Å². The van der Waals surface area contributed by atoms with Crippen LogP contribution in [0.1, 0.15) is 5.56 Å². The molecule has 4 nitrogen and oxygen atoms in total. The SMILES string of the molecule is Fc1ccccc1CNc1cc(Nc2ccc(Cl)cc2)ncn1.